The number of rotatable bonds is 4. The molecule has 1 aromatic rings. The number of nitrogens with zero attached hydrogens (tertiary/aromatic N) is 2. The molecule has 2 rings (SSSR count). The second-order valence-electron chi connectivity index (χ2n) is 5.04. The van der Waals surface area contributed by atoms with Crippen molar-refractivity contribution in [3.05, 3.63) is 29.8 Å². The normalized spacial score (nSPS) is 15.6. The maximum absolute atomic E-state index is 13.7. The smallest absolute Gasteiger partial charge is 0.222 e. The van der Waals surface area contributed by atoms with E-state index < -0.39 is 11.6 Å². The number of anilines is 1. The van der Waals surface area contributed by atoms with E-state index in [4.69, 9.17) is 0 Å². The van der Waals surface area contributed by atoms with Gasteiger partial charge in [0.2, 0.25) is 5.91 Å². The summed E-state index contributed by atoms with van der Waals surface area (Å²) in [4.78, 5) is 15.4. The summed E-state index contributed by atoms with van der Waals surface area (Å²) < 4.78 is 27.4. The average molecular weight is 282 g/mol. The third-order valence-electron chi connectivity index (χ3n) is 3.63. The van der Waals surface area contributed by atoms with Gasteiger partial charge in [-0.25, -0.2) is 8.78 Å². The first-order valence-electron chi connectivity index (χ1n) is 7.10. The molecule has 3 nitrogen and oxygen atoms in total. The molecule has 0 aliphatic carbocycles. The molecule has 1 saturated heterocycles. The molecule has 0 aromatic heterocycles. The van der Waals surface area contributed by atoms with Gasteiger partial charge in [-0.3, -0.25) is 4.79 Å². The van der Waals surface area contributed by atoms with Crippen LogP contribution in [0.5, 0.6) is 0 Å². The monoisotopic (exact) mass is 282 g/mol. The van der Waals surface area contributed by atoms with Gasteiger partial charge in [-0.05, 0) is 18.6 Å². The summed E-state index contributed by atoms with van der Waals surface area (Å²) in [6.45, 7) is 4.03. The third-order valence-corrected chi connectivity index (χ3v) is 3.63. The summed E-state index contributed by atoms with van der Waals surface area (Å²) in [6.07, 6.45) is 2.44. The van der Waals surface area contributed by atoms with Crippen molar-refractivity contribution in [3.8, 4) is 0 Å². The molecule has 0 unspecified atom stereocenters. The highest BCUT2D eigenvalue weighted by molar-refractivity contribution is 5.76. The van der Waals surface area contributed by atoms with Gasteiger partial charge >= 0.3 is 0 Å². The Morgan fingerprint density at radius 2 is 1.75 bits per heavy atom. The van der Waals surface area contributed by atoms with E-state index in [1.165, 1.54) is 18.2 Å². The quantitative estimate of drug-likeness (QED) is 0.848. The minimum atomic E-state index is -0.546. The van der Waals surface area contributed by atoms with Gasteiger partial charge in [0.1, 0.15) is 17.3 Å². The Bertz CT molecular complexity index is 451. The number of benzene rings is 1. The topological polar surface area (TPSA) is 23.6 Å². The van der Waals surface area contributed by atoms with Crippen LogP contribution in [-0.4, -0.2) is 37.0 Å². The van der Waals surface area contributed by atoms with Gasteiger partial charge in [-0.2, -0.15) is 0 Å². The number of piperazine rings is 1. The Labute approximate surface area is 118 Å². The highest BCUT2D eigenvalue weighted by atomic mass is 19.1. The van der Waals surface area contributed by atoms with Gasteiger partial charge in [-0.15, -0.1) is 0 Å². The van der Waals surface area contributed by atoms with Crippen LogP contribution < -0.4 is 4.90 Å². The zero-order valence-electron chi connectivity index (χ0n) is 11.7. The van der Waals surface area contributed by atoms with E-state index in [1.54, 1.807) is 9.80 Å². The zero-order chi connectivity index (χ0) is 14.5. The van der Waals surface area contributed by atoms with Crippen LogP contribution >= 0.6 is 0 Å². The minimum absolute atomic E-state index is 0.0214. The van der Waals surface area contributed by atoms with E-state index in [0.717, 1.165) is 12.8 Å². The molecule has 0 spiro atoms. The van der Waals surface area contributed by atoms with Crippen molar-refractivity contribution in [1.82, 2.24) is 4.90 Å². The van der Waals surface area contributed by atoms with E-state index >= 15 is 0 Å². The van der Waals surface area contributed by atoms with Crippen LogP contribution in [0.25, 0.3) is 0 Å². The van der Waals surface area contributed by atoms with Gasteiger partial charge in [0.05, 0.1) is 0 Å². The maximum atomic E-state index is 13.7. The molecule has 1 fully saturated rings. The van der Waals surface area contributed by atoms with Crippen molar-refractivity contribution in [2.45, 2.75) is 26.2 Å². The lowest BCUT2D eigenvalue weighted by atomic mass is 10.2. The van der Waals surface area contributed by atoms with Gasteiger partial charge < -0.3 is 9.80 Å². The first kappa shape index (κ1) is 14.8. The fourth-order valence-corrected chi connectivity index (χ4v) is 2.46. The Balaban J connectivity index is 1.96. The first-order valence-corrected chi connectivity index (χ1v) is 7.10. The van der Waals surface area contributed by atoms with Crippen LogP contribution in [0.1, 0.15) is 26.2 Å². The molecule has 20 heavy (non-hydrogen) atoms. The van der Waals surface area contributed by atoms with Crippen LogP contribution in [0.2, 0.25) is 0 Å². The molecular weight excluding hydrogens is 262 g/mol. The Morgan fingerprint density at radius 1 is 1.15 bits per heavy atom. The molecule has 1 aliphatic rings. The van der Waals surface area contributed by atoms with Gasteiger partial charge in [0.15, 0.2) is 0 Å². The predicted octanol–water partition coefficient (Wildman–Crippen LogP) is 2.80. The molecular formula is C15H20F2N2O. The van der Waals surface area contributed by atoms with Crippen molar-refractivity contribution in [2.75, 3.05) is 31.1 Å². The Morgan fingerprint density at radius 3 is 2.30 bits per heavy atom. The fraction of sp³-hybridized carbons (Fsp3) is 0.533. The molecule has 1 aliphatic heterocycles. The number of unbranched alkanes of at least 4 members (excludes halogenated alkanes) is 1. The summed E-state index contributed by atoms with van der Waals surface area (Å²) in [6, 6.07) is 3.88. The van der Waals surface area contributed by atoms with Crippen LogP contribution in [0.15, 0.2) is 18.2 Å². The van der Waals surface area contributed by atoms with Crippen LogP contribution in [0, 0.1) is 11.6 Å². The Hall–Kier alpha value is -1.65. The highest BCUT2D eigenvalue weighted by Crippen LogP contribution is 2.24. The van der Waals surface area contributed by atoms with Crippen molar-refractivity contribution in [3.63, 3.8) is 0 Å². The van der Waals surface area contributed by atoms with Crippen LogP contribution in [-0.2, 0) is 4.79 Å². The first-order chi connectivity index (χ1) is 9.63. The van der Waals surface area contributed by atoms with Crippen molar-refractivity contribution in [1.29, 1.82) is 0 Å². The van der Waals surface area contributed by atoms with Crippen LogP contribution in [0.4, 0.5) is 14.5 Å². The summed E-state index contributed by atoms with van der Waals surface area (Å²) in [7, 11) is 0. The SMILES string of the molecule is CCCCC(=O)N1CCN(c2c(F)cccc2F)CC1. The number of halogens is 2. The molecule has 0 saturated carbocycles. The number of hydrogen-bond acceptors (Lipinski definition) is 2. The van der Waals surface area contributed by atoms with E-state index in [-0.39, 0.29) is 11.6 Å². The summed E-state index contributed by atoms with van der Waals surface area (Å²) in [5, 5.41) is 0. The number of amides is 1. The number of hydrogen-bond donors (Lipinski definition) is 0. The van der Waals surface area contributed by atoms with E-state index in [9.17, 15) is 13.6 Å². The van der Waals surface area contributed by atoms with E-state index in [0.29, 0.717) is 32.6 Å². The molecule has 110 valence electrons. The van der Waals surface area contributed by atoms with Gasteiger partial charge in [0.25, 0.3) is 0 Å². The zero-order valence-corrected chi connectivity index (χ0v) is 11.7. The van der Waals surface area contributed by atoms with Crippen molar-refractivity contribution in [2.24, 2.45) is 0 Å². The molecule has 0 bridgehead atoms. The summed E-state index contributed by atoms with van der Waals surface area (Å²) >= 11 is 0. The minimum Gasteiger partial charge on any atom is -0.363 e. The van der Waals surface area contributed by atoms with Gasteiger partial charge in [0, 0.05) is 32.6 Å². The van der Waals surface area contributed by atoms with Gasteiger partial charge in [-0.1, -0.05) is 19.4 Å². The molecule has 5 heteroatoms. The molecule has 0 radical (unpaired) electrons. The summed E-state index contributed by atoms with van der Waals surface area (Å²) in [5.41, 5.74) is 0.0214. The molecule has 0 atom stereocenters. The lowest BCUT2D eigenvalue weighted by Crippen LogP contribution is -2.49. The summed E-state index contributed by atoms with van der Waals surface area (Å²) in [5.74, 6) is -0.952. The number of carbonyl (C=O) groups is 1. The molecule has 0 N–H and O–H groups in total. The molecule has 1 aromatic carbocycles. The maximum Gasteiger partial charge on any atom is 0.222 e. The van der Waals surface area contributed by atoms with E-state index in [2.05, 4.69) is 0 Å². The number of carbonyl (C=O) groups excluding carboxylic acids is 1. The van der Waals surface area contributed by atoms with Crippen LogP contribution in [0.3, 0.4) is 0 Å². The lowest BCUT2D eigenvalue weighted by Gasteiger charge is -2.36. The average Bonchev–Trinajstić information content (AvgIpc) is 2.45. The Kier molecular flexibility index (Phi) is 4.93. The second kappa shape index (κ2) is 6.68. The third kappa shape index (κ3) is 3.26. The predicted molar refractivity (Wildman–Crippen MR) is 74.7 cm³/mol. The second-order valence-corrected chi connectivity index (χ2v) is 5.04. The lowest BCUT2D eigenvalue weighted by molar-refractivity contribution is -0.131. The fourth-order valence-electron chi connectivity index (χ4n) is 2.46. The van der Waals surface area contributed by atoms with E-state index in [1.807, 2.05) is 6.92 Å². The standard InChI is InChI=1S/C15H20F2N2O/c1-2-3-7-14(20)18-8-10-19(11-9-18)15-12(16)5-4-6-13(15)17/h4-6H,2-3,7-11H2,1H3. The molecule has 1 amide bonds. The largest absolute Gasteiger partial charge is 0.363 e. The molecule has 1 heterocycles. The van der Waals surface area contributed by atoms with Crippen molar-refractivity contribution < 1.29 is 13.6 Å². The highest BCUT2D eigenvalue weighted by Gasteiger charge is 2.24. The van der Waals surface area contributed by atoms with Crippen molar-refractivity contribution >= 4 is 11.6 Å². The number of para-hydroxylation sites is 1.